The van der Waals surface area contributed by atoms with Crippen molar-refractivity contribution in [1.82, 2.24) is 19.6 Å². The van der Waals surface area contributed by atoms with E-state index in [2.05, 4.69) is 15.1 Å². The maximum absolute atomic E-state index is 10.7. The van der Waals surface area contributed by atoms with Crippen molar-refractivity contribution in [2.45, 2.75) is 18.1 Å². The van der Waals surface area contributed by atoms with Crippen molar-refractivity contribution in [2.75, 3.05) is 0 Å². The molecule has 0 aliphatic heterocycles. The molecule has 83 valence electrons. The van der Waals surface area contributed by atoms with Crippen LogP contribution >= 0.6 is 12.6 Å². The van der Waals surface area contributed by atoms with Gasteiger partial charge in [-0.15, -0.1) is 5.10 Å². The Balaban J connectivity index is 2.68. The molecule has 8 heteroatoms. The van der Waals surface area contributed by atoms with Gasteiger partial charge in [-0.2, -0.15) is 9.50 Å². The van der Waals surface area contributed by atoms with Crippen LogP contribution in [0, 0.1) is 0 Å². The molecule has 0 aromatic carbocycles. The van der Waals surface area contributed by atoms with E-state index >= 15 is 0 Å². The zero-order valence-electron chi connectivity index (χ0n) is 8.15. The van der Waals surface area contributed by atoms with Crippen LogP contribution in [0.4, 0.5) is 0 Å². The third kappa shape index (κ3) is 1.68. The predicted molar refractivity (Wildman–Crippen MR) is 54.2 cm³/mol. The van der Waals surface area contributed by atoms with Gasteiger partial charge in [0.15, 0.2) is 11.5 Å². The lowest BCUT2D eigenvalue weighted by atomic mass is 10.4. The van der Waals surface area contributed by atoms with E-state index in [9.17, 15) is 9.90 Å². The Kier molecular flexibility index (Phi) is 2.44. The number of aliphatic hydroxyl groups is 1. The van der Waals surface area contributed by atoms with E-state index in [1.165, 1.54) is 17.5 Å². The third-order valence-corrected chi connectivity index (χ3v) is 2.18. The SMILES string of the molecule is CC(O)c1nc2nc(C(=O)O)cc([S])n2n1. The van der Waals surface area contributed by atoms with Crippen molar-refractivity contribution < 1.29 is 15.0 Å². The number of carboxylic acids is 1. The highest BCUT2D eigenvalue weighted by atomic mass is 32.1. The number of aliphatic hydroxyl groups excluding tert-OH is 1. The van der Waals surface area contributed by atoms with Crippen molar-refractivity contribution in [2.24, 2.45) is 0 Å². The number of hydrogen-bond donors (Lipinski definition) is 2. The first-order valence-corrected chi connectivity index (χ1v) is 4.76. The smallest absolute Gasteiger partial charge is 0.354 e. The maximum atomic E-state index is 10.7. The molecule has 0 spiro atoms. The van der Waals surface area contributed by atoms with Gasteiger partial charge in [-0.1, -0.05) is 12.6 Å². The monoisotopic (exact) mass is 239 g/mol. The Bertz CT molecular complexity index is 566. The Morgan fingerprint density at radius 1 is 1.56 bits per heavy atom. The Hall–Kier alpha value is -1.80. The zero-order valence-corrected chi connectivity index (χ0v) is 8.97. The standard InChI is InChI=1S/C8H7N4O3S/c1-3(13)6-10-8-9-4(7(14)15)2-5(16)12(8)11-6/h2-3,13H,1H3,(H,14,15). The fourth-order valence-electron chi connectivity index (χ4n) is 1.14. The van der Waals surface area contributed by atoms with Gasteiger partial charge in [-0.05, 0) is 6.92 Å². The Morgan fingerprint density at radius 2 is 2.25 bits per heavy atom. The Labute approximate surface area is 95.2 Å². The molecule has 1 radical (unpaired) electrons. The minimum atomic E-state index is -1.19. The van der Waals surface area contributed by atoms with Gasteiger partial charge < -0.3 is 10.2 Å². The normalized spacial score (nSPS) is 12.9. The van der Waals surface area contributed by atoms with Gasteiger partial charge in [0.2, 0.25) is 0 Å². The molecular weight excluding hydrogens is 232 g/mol. The van der Waals surface area contributed by atoms with Gasteiger partial charge in [0, 0.05) is 6.07 Å². The van der Waals surface area contributed by atoms with Crippen LogP contribution in [0.25, 0.3) is 5.78 Å². The Morgan fingerprint density at radius 3 is 2.81 bits per heavy atom. The van der Waals surface area contributed by atoms with Crippen molar-refractivity contribution in [3.8, 4) is 0 Å². The van der Waals surface area contributed by atoms with Gasteiger partial charge in [-0.25, -0.2) is 9.78 Å². The second-order valence-electron chi connectivity index (χ2n) is 3.14. The second kappa shape index (κ2) is 3.65. The molecule has 0 amide bonds. The number of hydrogen-bond acceptors (Lipinski definition) is 5. The van der Waals surface area contributed by atoms with Crippen LogP contribution < -0.4 is 0 Å². The number of aromatic carboxylic acids is 1. The van der Waals surface area contributed by atoms with Crippen LogP contribution in [-0.2, 0) is 0 Å². The highest BCUT2D eigenvalue weighted by Crippen LogP contribution is 2.13. The molecule has 0 bridgehead atoms. The largest absolute Gasteiger partial charge is 0.477 e. The third-order valence-electron chi connectivity index (χ3n) is 1.89. The molecule has 2 aromatic heterocycles. The van der Waals surface area contributed by atoms with Crippen molar-refractivity contribution in [1.29, 1.82) is 0 Å². The van der Waals surface area contributed by atoms with E-state index in [-0.39, 0.29) is 22.3 Å². The minimum Gasteiger partial charge on any atom is -0.477 e. The molecule has 2 N–H and O–H groups in total. The summed E-state index contributed by atoms with van der Waals surface area (Å²) in [6.45, 7) is 1.50. The van der Waals surface area contributed by atoms with Crippen LogP contribution in [0.1, 0.15) is 29.3 Å². The van der Waals surface area contributed by atoms with Crippen LogP contribution in [0.2, 0.25) is 0 Å². The molecule has 1 unspecified atom stereocenters. The summed E-state index contributed by atoms with van der Waals surface area (Å²) >= 11 is 4.94. The topological polar surface area (TPSA) is 101 Å². The summed E-state index contributed by atoms with van der Waals surface area (Å²) in [6.07, 6.45) is -0.857. The maximum Gasteiger partial charge on any atom is 0.354 e. The average Bonchev–Trinajstić information content (AvgIpc) is 2.61. The number of aromatic nitrogens is 4. The highest BCUT2D eigenvalue weighted by Gasteiger charge is 2.15. The summed E-state index contributed by atoms with van der Waals surface area (Å²) in [5, 5.41) is 22.1. The van der Waals surface area contributed by atoms with Gasteiger partial charge in [0.1, 0.15) is 11.1 Å². The molecule has 0 saturated heterocycles. The summed E-state index contributed by atoms with van der Waals surface area (Å²) < 4.78 is 1.21. The van der Waals surface area contributed by atoms with E-state index in [1.807, 2.05) is 0 Å². The fourth-order valence-corrected chi connectivity index (χ4v) is 1.38. The van der Waals surface area contributed by atoms with E-state index in [0.717, 1.165) is 0 Å². The van der Waals surface area contributed by atoms with Crippen LogP contribution in [0.5, 0.6) is 0 Å². The fraction of sp³-hybridized carbons (Fsp3) is 0.250. The summed E-state index contributed by atoms with van der Waals surface area (Å²) in [4.78, 5) is 18.3. The molecule has 0 aliphatic rings. The van der Waals surface area contributed by atoms with E-state index in [0.29, 0.717) is 0 Å². The highest BCUT2D eigenvalue weighted by molar-refractivity contribution is 7.80. The van der Waals surface area contributed by atoms with Crippen molar-refractivity contribution in [3.63, 3.8) is 0 Å². The lowest BCUT2D eigenvalue weighted by Gasteiger charge is -1.96. The van der Waals surface area contributed by atoms with Crippen LogP contribution in [-0.4, -0.2) is 35.8 Å². The van der Waals surface area contributed by atoms with Gasteiger partial charge in [0.25, 0.3) is 5.78 Å². The molecule has 0 saturated carbocycles. The van der Waals surface area contributed by atoms with Crippen LogP contribution in [0.3, 0.4) is 0 Å². The number of fused-ring (bicyclic) bond motifs is 1. The predicted octanol–water partition coefficient (Wildman–Crippen LogP) is 0.432. The summed E-state index contributed by atoms with van der Waals surface area (Å²) in [5.41, 5.74) is -0.193. The zero-order chi connectivity index (χ0) is 11.9. The number of rotatable bonds is 2. The number of carboxylic acid groups (broad SMARTS) is 1. The quantitative estimate of drug-likeness (QED) is 0.737. The first-order valence-electron chi connectivity index (χ1n) is 4.35. The molecule has 0 fully saturated rings. The molecule has 2 rings (SSSR count). The molecule has 16 heavy (non-hydrogen) atoms. The molecule has 2 heterocycles. The van der Waals surface area contributed by atoms with Gasteiger partial charge in [-0.3, -0.25) is 0 Å². The van der Waals surface area contributed by atoms with E-state index in [4.69, 9.17) is 17.7 Å². The van der Waals surface area contributed by atoms with E-state index < -0.39 is 12.1 Å². The lowest BCUT2D eigenvalue weighted by Crippen LogP contribution is -2.04. The first kappa shape index (κ1) is 10.7. The summed E-state index contributed by atoms with van der Waals surface area (Å²) in [7, 11) is 0. The number of nitrogens with zero attached hydrogens (tertiary/aromatic N) is 4. The molecule has 0 aliphatic carbocycles. The average molecular weight is 239 g/mol. The summed E-state index contributed by atoms with van der Waals surface area (Å²) in [5.74, 6) is -0.961. The van der Waals surface area contributed by atoms with Crippen molar-refractivity contribution >= 4 is 24.4 Å². The van der Waals surface area contributed by atoms with E-state index in [1.54, 1.807) is 0 Å². The molecule has 7 nitrogen and oxygen atoms in total. The minimum absolute atomic E-state index is 0.0702. The molecule has 1 atom stereocenters. The number of carbonyl (C=O) groups is 1. The van der Waals surface area contributed by atoms with Gasteiger partial charge in [0.05, 0.1) is 0 Å². The van der Waals surface area contributed by atoms with Crippen LogP contribution in [0.15, 0.2) is 11.1 Å². The second-order valence-corrected chi connectivity index (χ2v) is 3.56. The molecule has 2 aromatic rings. The first-order chi connectivity index (χ1) is 7.49. The van der Waals surface area contributed by atoms with Gasteiger partial charge >= 0.3 is 5.97 Å². The lowest BCUT2D eigenvalue weighted by molar-refractivity contribution is 0.0690. The summed E-state index contributed by atoms with van der Waals surface area (Å²) in [6, 6.07) is 1.21. The molecular formula is C8H7N4O3S. The van der Waals surface area contributed by atoms with Crippen molar-refractivity contribution in [3.05, 3.63) is 17.6 Å².